The molecule has 0 spiro atoms. The number of likely N-dealkylation sites (N-methyl/N-ethyl adjacent to an activating group) is 1. The van der Waals surface area contributed by atoms with E-state index in [0.29, 0.717) is 0 Å². The number of benzene rings is 1. The standard InChI is InChI=1S/C19H24N4OS/c1-12-13(2)25-19-17(12)18(21-11-22-19)20-10-15(23(3)4)14-8-6-7-9-16(14)24-5/h6-9,11,15H,10H2,1-5H3,(H,20,21,22)/t15-/m1/s1. The van der Waals surface area contributed by atoms with Gasteiger partial charge < -0.3 is 15.0 Å². The number of methoxy groups -OCH3 is 1. The molecule has 0 aliphatic carbocycles. The Morgan fingerprint density at radius 3 is 2.68 bits per heavy atom. The van der Waals surface area contributed by atoms with Crippen molar-refractivity contribution in [2.24, 2.45) is 0 Å². The van der Waals surface area contributed by atoms with Crippen LogP contribution in [0.25, 0.3) is 10.2 Å². The molecular formula is C19H24N4OS. The molecule has 0 unspecified atom stereocenters. The van der Waals surface area contributed by atoms with Gasteiger partial charge in [0.15, 0.2) is 0 Å². The van der Waals surface area contributed by atoms with Gasteiger partial charge in [0.05, 0.1) is 18.5 Å². The second kappa shape index (κ2) is 7.37. The summed E-state index contributed by atoms with van der Waals surface area (Å²) in [4.78, 5) is 13.4. The minimum absolute atomic E-state index is 0.168. The van der Waals surface area contributed by atoms with Crippen LogP contribution in [-0.4, -0.2) is 42.6 Å². The number of rotatable bonds is 6. The fourth-order valence-corrected chi connectivity index (χ4v) is 4.02. The van der Waals surface area contributed by atoms with Crippen molar-refractivity contribution in [1.29, 1.82) is 0 Å². The number of ether oxygens (including phenoxy) is 1. The van der Waals surface area contributed by atoms with Crippen molar-refractivity contribution in [3.05, 3.63) is 46.6 Å². The van der Waals surface area contributed by atoms with Crippen molar-refractivity contribution >= 4 is 27.4 Å². The number of thiophene rings is 1. The second-order valence-electron chi connectivity index (χ2n) is 6.29. The Morgan fingerprint density at radius 2 is 1.96 bits per heavy atom. The maximum atomic E-state index is 5.54. The maximum absolute atomic E-state index is 5.54. The van der Waals surface area contributed by atoms with Gasteiger partial charge in [-0.05, 0) is 39.6 Å². The summed E-state index contributed by atoms with van der Waals surface area (Å²) in [6.45, 7) is 4.99. The summed E-state index contributed by atoms with van der Waals surface area (Å²) in [5.74, 6) is 1.80. The lowest BCUT2D eigenvalue weighted by Crippen LogP contribution is -2.27. The Hall–Kier alpha value is -2.18. The minimum atomic E-state index is 0.168. The van der Waals surface area contributed by atoms with Crippen LogP contribution in [0.5, 0.6) is 5.75 Å². The summed E-state index contributed by atoms with van der Waals surface area (Å²) in [5, 5.41) is 4.66. The number of aryl methyl sites for hydroxylation is 2. The van der Waals surface area contributed by atoms with Crippen LogP contribution in [0.15, 0.2) is 30.6 Å². The molecule has 6 heteroatoms. The van der Waals surface area contributed by atoms with Crippen LogP contribution in [0.1, 0.15) is 22.0 Å². The third-order valence-electron chi connectivity index (χ3n) is 4.55. The van der Waals surface area contributed by atoms with Gasteiger partial charge in [-0.2, -0.15) is 0 Å². The summed E-state index contributed by atoms with van der Waals surface area (Å²) in [5.41, 5.74) is 2.41. The molecule has 0 aliphatic rings. The Labute approximate surface area is 152 Å². The van der Waals surface area contributed by atoms with E-state index in [1.165, 1.54) is 10.4 Å². The molecule has 3 aromatic rings. The molecule has 0 amide bonds. The molecule has 2 heterocycles. The number of hydrogen-bond acceptors (Lipinski definition) is 6. The molecule has 0 bridgehead atoms. The molecule has 0 saturated heterocycles. The Bertz CT molecular complexity index is 875. The average Bonchev–Trinajstić information content (AvgIpc) is 2.90. The van der Waals surface area contributed by atoms with Crippen molar-refractivity contribution in [3.8, 4) is 5.75 Å². The number of aromatic nitrogens is 2. The van der Waals surface area contributed by atoms with Crippen LogP contribution in [0.2, 0.25) is 0 Å². The van der Waals surface area contributed by atoms with Crippen LogP contribution in [-0.2, 0) is 0 Å². The van der Waals surface area contributed by atoms with Gasteiger partial charge in [0, 0.05) is 17.0 Å². The highest BCUT2D eigenvalue weighted by molar-refractivity contribution is 7.18. The van der Waals surface area contributed by atoms with Crippen molar-refractivity contribution < 1.29 is 4.74 Å². The molecule has 132 valence electrons. The van der Waals surface area contributed by atoms with Gasteiger partial charge in [-0.15, -0.1) is 11.3 Å². The predicted octanol–water partition coefficient (Wildman–Crippen LogP) is 4.03. The van der Waals surface area contributed by atoms with Gasteiger partial charge in [-0.3, -0.25) is 0 Å². The van der Waals surface area contributed by atoms with Crippen molar-refractivity contribution in [2.75, 3.05) is 33.1 Å². The molecule has 1 atom stereocenters. The number of anilines is 1. The van der Waals surface area contributed by atoms with E-state index in [0.717, 1.165) is 33.9 Å². The fraction of sp³-hybridized carbons (Fsp3) is 0.368. The lowest BCUT2D eigenvalue weighted by molar-refractivity contribution is 0.300. The van der Waals surface area contributed by atoms with Crippen molar-refractivity contribution in [2.45, 2.75) is 19.9 Å². The first-order valence-corrected chi connectivity index (χ1v) is 9.08. The molecule has 0 aliphatic heterocycles. The molecule has 0 fully saturated rings. The van der Waals surface area contributed by atoms with Crippen LogP contribution in [0.3, 0.4) is 0 Å². The van der Waals surface area contributed by atoms with Crippen LogP contribution >= 0.6 is 11.3 Å². The second-order valence-corrected chi connectivity index (χ2v) is 7.49. The average molecular weight is 356 g/mol. The molecule has 2 aromatic heterocycles. The lowest BCUT2D eigenvalue weighted by Gasteiger charge is -2.27. The molecular weight excluding hydrogens is 332 g/mol. The lowest BCUT2D eigenvalue weighted by atomic mass is 10.0. The molecule has 3 rings (SSSR count). The van der Waals surface area contributed by atoms with E-state index in [9.17, 15) is 0 Å². The van der Waals surface area contributed by atoms with Gasteiger partial charge in [0.2, 0.25) is 0 Å². The van der Waals surface area contributed by atoms with E-state index in [-0.39, 0.29) is 6.04 Å². The molecule has 0 saturated carbocycles. The van der Waals surface area contributed by atoms with Crippen molar-refractivity contribution in [3.63, 3.8) is 0 Å². The zero-order valence-corrected chi connectivity index (χ0v) is 16.1. The maximum Gasteiger partial charge on any atom is 0.138 e. The van der Waals surface area contributed by atoms with E-state index in [4.69, 9.17) is 4.74 Å². The van der Waals surface area contributed by atoms with Crippen LogP contribution in [0.4, 0.5) is 5.82 Å². The minimum Gasteiger partial charge on any atom is -0.496 e. The highest BCUT2D eigenvalue weighted by atomic mass is 32.1. The quantitative estimate of drug-likeness (QED) is 0.722. The third kappa shape index (κ3) is 3.45. The summed E-state index contributed by atoms with van der Waals surface area (Å²) in [6, 6.07) is 8.32. The van der Waals surface area contributed by atoms with Gasteiger partial charge in [-0.1, -0.05) is 18.2 Å². The zero-order valence-electron chi connectivity index (χ0n) is 15.3. The first-order chi connectivity index (χ1) is 12.0. The highest BCUT2D eigenvalue weighted by Crippen LogP contribution is 2.33. The highest BCUT2D eigenvalue weighted by Gasteiger charge is 2.19. The van der Waals surface area contributed by atoms with Crippen molar-refractivity contribution in [1.82, 2.24) is 14.9 Å². The Balaban J connectivity index is 1.90. The van der Waals surface area contributed by atoms with E-state index >= 15 is 0 Å². The molecule has 0 radical (unpaired) electrons. The molecule has 25 heavy (non-hydrogen) atoms. The fourth-order valence-electron chi connectivity index (χ4n) is 3.02. The smallest absolute Gasteiger partial charge is 0.138 e. The first-order valence-electron chi connectivity index (χ1n) is 8.26. The van der Waals surface area contributed by atoms with E-state index < -0.39 is 0 Å². The number of nitrogens with one attached hydrogen (secondary N) is 1. The first kappa shape index (κ1) is 17.6. The topological polar surface area (TPSA) is 50.3 Å². The molecule has 1 aromatic carbocycles. The summed E-state index contributed by atoms with van der Waals surface area (Å²) in [6.07, 6.45) is 1.63. The normalized spacial score (nSPS) is 12.6. The molecule has 1 N–H and O–H groups in total. The SMILES string of the molecule is COc1ccccc1[C@@H](CNc1ncnc2sc(C)c(C)c12)N(C)C. The van der Waals surface area contributed by atoms with Gasteiger partial charge in [0.1, 0.15) is 22.7 Å². The van der Waals surface area contributed by atoms with Gasteiger partial charge >= 0.3 is 0 Å². The van der Waals surface area contributed by atoms with E-state index in [1.807, 2.05) is 18.2 Å². The summed E-state index contributed by atoms with van der Waals surface area (Å²) >= 11 is 1.71. The largest absolute Gasteiger partial charge is 0.496 e. The van der Waals surface area contributed by atoms with Gasteiger partial charge in [0.25, 0.3) is 0 Å². The van der Waals surface area contributed by atoms with E-state index in [2.05, 4.69) is 54.2 Å². The number of nitrogens with zero attached hydrogens (tertiary/aromatic N) is 3. The Morgan fingerprint density at radius 1 is 1.20 bits per heavy atom. The van der Waals surface area contributed by atoms with E-state index in [1.54, 1.807) is 24.8 Å². The number of fused-ring (bicyclic) bond motifs is 1. The van der Waals surface area contributed by atoms with Crippen LogP contribution < -0.4 is 10.1 Å². The van der Waals surface area contributed by atoms with Gasteiger partial charge in [-0.25, -0.2) is 9.97 Å². The number of para-hydroxylation sites is 1. The Kier molecular flexibility index (Phi) is 5.20. The summed E-state index contributed by atoms with van der Waals surface area (Å²) < 4.78 is 5.54. The monoisotopic (exact) mass is 356 g/mol. The predicted molar refractivity (Wildman–Crippen MR) is 105 cm³/mol. The van der Waals surface area contributed by atoms with Crippen LogP contribution in [0, 0.1) is 13.8 Å². The number of hydrogen-bond donors (Lipinski definition) is 1. The molecule has 5 nitrogen and oxygen atoms in total. The zero-order chi connectivity index (χ0) is 18.0. The third-order valence-corrected chi connectivity index (χ3v) is 5.66. The summed E-state index contributed by atoms with van der Waals surface area (Å²) in [7, 11) is 5.87.